The molecule has 134 valence electrons. The summed E-state index contributed by atoms with van der Waals surface area (Å²) in [6.07, 6.45) is 1.46. The highest BCUT2D eigenvalue weighted by atomic mass is 16.5. The molecule has 0 aromatic heterocycles. The van der Waals surface area contributed by atoms with Crippen molar-refractivity contribution in [3.63, 3.8) is 0 Å². The van der Waals surface area contributed by atoms with Crippen LogP contribution in [0.3, 0.4) is 0 Å². The van der Waals surface area contributed by atoms with Gasteiger partial charge in [0.25, 0.3) is 5.91 Å². The standard InChI is InChI=1S/C20H20N2O4/c1-14(23)17-5-2-3-6-18(17)21-19(24)13-26-16-10-8-15(9-11-16)22-12-4-7-20(22)25/h2-3,5-6,8-11H,4,7,12-13H2,1H3,(H,21,24). The quantitative estimate of drug-likeness (QED) is 0.811. The average Bonchev–Trinajstić information content (AvgIpc) is 3.07. The van der Waals surface area contributed by atoms with Crippen molar-refractivity contribution in [2.24, 2.45) is 0 Å². The van der Waals surface area contributed by atoms with E-state index in [0.29, 0.717) is 23.4 Å². The second-order valence-electron chi connectivity index (χ2n) is 6.08. The summed E-state index contributed by atoms with van der Waals surface area (Å²) in [6, 6.07) is 13.9. The molecule has 6 heteroatoms. The van der Waals surface area contributed by atoms with E-state index in [4.69, 9.17) is 4.74 Å². The number of para-hydroxylation sites is 1. The summed E-state index contributed by atoms with van der Waals surface area (Å²) < 4.78 is 5.48. The highest BCUT2D eigenvalue weighted by molar-refractivity contribution is 6.04. The van der Waals surface area contributed by atoms with Crippen LogP contribution in [0.1, 0.15) is 30.1 Å². The normalized spacial score (nSPS) is 13.6. The lowest BCUT2D eigenvalue weighted by molar-refractivity contribution is -0.118. The van der Waals surface area contributed by atoms with Crippen LogP contribution < -0.4 is 15.0 Å². The van der Waals surface area contributed by atoms with E-state index in [9.17, 15) is 14.4 Å². The molecule has 1 fully saturated rings. The number of nitrogens with zero attached hydrogens (tertiary/aromatic N) is 1. The third-order valence-corrected chi connectivity index (χ3v) is 4.17. The van der Waals surface area contributed by atoms with Crippen molar-refractivity contribution >= 4 is 29.0 Å². The van der Waals surface area contributed by atoms with Crippen LogP contribution in [0.2, 0.25) is 0 Å². The van der Waals surface area contributed by atoms with Crippen LogP contribution in [0.4, 0.5) is 11.4 Å². The molecule has 1 heterocycles. The van der Waals surface area contributed by atoms with Gasteiger partial charge in [-0.3, -0.25) is 14.4 Å². The topological polar surface area (TPSA) is 75.7 Å². The van der Waals surface area contributed by atoms with Gasteiger partial charge < -0.3 is 15.0 Å². The molecule has 0 radical (unpaired) electrons. The van der Waals surface area contributed by atoms with Crippen molar-refractivity contribution in [3.8, 4) is 5.75 Å². The summed E-state index contributed by atoms with van der Waals surface area (Å²) in [4.78, 5) is 37.1. The van der Waals surface area contributed by atoms with Crippen LogP contribution in [0.25, 0.3) is 0 Å². The van der Waals surface area contributed by atoms with Gasteiger partial charge in [-0.25, -0.2) is 0 Å². The van der Waals surface area contributed by atoms with Gasteiger partial charge in [0.1, 0.15) is 5.75 Å². The summed E-state index contributed by atoms with van der Waals surface area (Å²) in [7, 11) is 0. The number of benzene rings is 2. The fraction of sp³-hybridized carbons (Fsp3) is 0.250. The Morgan fingerprint density at radius 3 is 2.50 bits per heavy atom. The number of hydrogen-bond acceptors (Lipinski definition) is 4. The first-order chi connectivity index (χ1) is 12.5. The van der Waals surface area contributed by atoms with Crippen LogP contribution in [0.5, 0.6) is 5.75 Å². The molecule has 0 unspecified atom stereocenters. The van der Waals surface area contributed by atoms with Gasteiger partial charge in [0.15, 0.2) is 12.4 Å². The summed E-state index contributed by atoms with van der Waals surface area (Å²) in [6.45, 7) is 2.01. The highest BCUT2D eigenvalue weighted by Crippen LogP contribution is 2.24. The predicted octanol–water partition coefficient (Wildman–Crippen LogP) is 3.03. The van der Waals surface area contributed by atoms with Crippen molar-refractivity contribution in [2.45, 2.75) is 19.8 Å². The van der Waals surface area contributed by atoms with Gasteiger partial charge in [0.05, 0.1) is 5.69 Å². The Bertz CT molecular complexity index is 830. The van der Waals surface area contributed by atoms with E-state index in [1.807, 2.05) is 12.1 Å². The zero-order valence-electron chi connectivity index (χ0n) is 14.5. The van der Waals surface area contributed by atoms with Crippen molar-refractivity contribution in [1.29, 1.82) is 0 Å². The van der Waals surface area contributed by atoms with Gasteiger partial charge in [-0.05, 0) is 49.7 Å². The molecule has 6 nitrogen and oxygen atoms in total. The molecular formula is C20H20N2O4. The molecule has 1 saturated heterocycles. The average molecular weight is 352 g/mol. The number of rotatable bonds is 6. The number of Topliss-reactive ketones (excluding diaryl/α,β-unsaturated/α-hetero) is 1. The van der Waals surface area contributed by atoms with Crippen LogP contribution in [-0.2, 0) is 9.59 Å². The molecule has 0 saturated carbocycles. The number of carbonyl (C=O) groups excluding carboxylic acids is 3. The van der Waals surface area contributed by atoms with Gasteiger partial charge in [0.2, 0.25) is 5.91 Å². The number of amides is 2. The molecule has 3 rings (SSSR count). The lowest BCUT2D eigenvalue weighted by Crippen LogP contribution is -2.23. The Hall–Kier alpha value is -3.15. The van der Waals surface area contributed by atoms with Crippen LogP contribution in [-0.4, -0.2) is 30.7 Å². The van der Waals surface area contributed by atoms with Gasteiger partial charge in [0, 0.05) is 24.2 Å². The SMILES string of the molecule is CC(=O)c1ccccc1NC(=O)COc1ccc(N2CCCC2=O)cc1. The zero-order valence-corrected chi connectivity index (χ0v) is 14.5. The summed E-state index contributed by atoms with van der Waals surface area (Å²) in [5, 5.41) is 2.69. The molecule has 1 aliphatic rings. The number of anilines is 2. The maximum absolute atomic E-state index is 12.1. The van der Waals surface area contributed by atoms with Crippen molar-refractivity contribution in [1.82, 2.24) is 0 Å². The van der Waals surface area contributed by atoms with Crippen molar-refractivity contribution < 1.29 is 19.1 Å². The molecule has 2 aromatic rings. The fourth-order valence-corrected chi connectivity index (χ4v) is 2.88. The monoisotopic (exact) mass is 352 g/mol. The molecule has 2 amide bonds. The number of ketones is 1. The molecule has 1 N–H and O–H groups in total. The van der Waals surface area contributed by atoms with E-state index in [1.54, 1.807) is 41.3 Å². The highest BCUT2D eigenvalue weighted by Gasteiger charge is 2.21. The predicted molar refractivity (Wildman–Crippen MR) is 98.6 cm³/mol. The molecule has 1 aliphatic heterocycles. The summed E-state index contributed by atoms with van der Waals surface area (Å²) in [5.74, 6) is 0.198. The van der Waals surface area contributed by atoms with Gasteiger partial charge in [-0.15, -0.1) is 0 Å². The Morgan fingerprint density at radius 2 is 1.85 bits per heavy atom. The number of ether oxygens (including phenoxy) is 1. The van der Waals surface area contributed by atoms with E-state index in [2.05, 4.69) is 5.32 Å². The van der Waals surface area contributed by atoms with E-state index in [0.717, 1.165) is 18.7 Å². The molecule has 0 atom stereocenters. The third-order valence-electron chi connectivity index (χ3n) is 4.17. The van der Waals surface area contributed by atoms with Crippen molar-refractivity contribution in [3.05, 3.63) is 54.1 Å². The lowest BCUT2D eigenvalue weighted by atomic mass is 10.1. The Kier molecular flexibility index (Phi) is 5.31. The van der Waals surface area contributed by atoms with Crippen LogP contribution >= 0.6 is 0 Å². The Morgan fingerprint density at radius 1 is 1.12 bits per heavy atom. The lowest BCUT2D eigenvalue weighted by Gasteiger charge is -2.16. The van der Waals surface area contributed by atoms with Gasteiger partial charge in [-0.2, -0.15) is 0 Å². The second-order valence-corrected chi connectivity index (χ2v) is 6.08. The molecular weight excluding hydrogens is 332 g/mol. The number of carbonyl (C=O) groups is 3. The number of hydrogen-bond donors (Lipinski definition) is 1. The Labute approximate surface area is 151 Å². The minimum absolute atomic E-state index is 0.117. The van der Waals surface area contributed by atoms with Gasteiger partial charge >= 0.3 is 0 Å². The first-order valence-corrected chi connectivity index (χ1v) is 8.47. The van der Waals surface area contributed by atoms with Crippen LogP contribution in [0, 0.1) is 0 Å². The molecule has 0 bridgehead atoms. The first-order valence-electron chi connectivity index (χ1n) is 8.47. The largest absolute Gasteiger partial charge is 0.484 e. The minimum atomic E-state index is -0.350. The number of nitrogens with one attached hydrogen (secondary N) is 1. The summed E-state index contributed by atoms with van der Waals surface area (Å²) >= 11 is 0. The molecule has 2 aromatic carbocycles. The maximum atomic E-state index is 12.1. The molecule has 26 heavy (non-hydrogen) atoms. The van der Waals surface area contributed by atoms with E-state index >= 15 is 0 Å². The molecule has 0 aliphatic carbocycles. The maximum Gasteiger partial charge on any atom is 0.262 e. The van der Waals surface area contributed by atoms with E-state index in [1.165, 1.54) is 6.92 Å². The zero-order chi connectivity index (χ0) is 18.5. The fourth-order valence-electron chi connectivity index (χ4n) is 2.88. The second kappa shape index (κ2) is 7.82. The third kappa shape index (κ3) is 4.08. The first kappa shape index (κ1) is 17.7. The van der Waals surface area contributed by atoms with Crippen LogP contribution in [0.15, 0.2) is 48.5 Å². The van der Waals surface area contributed by atoms with Crippen molar-refractivity contribution in [2.75, 3.05) is 23.4 Å². The Balaban J connectivity index is 1.56. The smallest absolute Gasteiger partial charge is 0.262 e. The van der Waals surface area contributed by atoms with Gasteiger partial charge in [-0.1, -0.05) is 12.1 Å². The summed E-state index contributed by atoms with van der Waals surface area (Å²) in [5.41, 5.74) is 1.76. The minimum Gasteiger partial charge on any atom is -0.484 e. The molecule has 0 spiro atoms. The van der Waals surface area contributed by atoms with E-state index in [-0.39, 0.29) is 24.2 Å². The van der Waals surface area contributed by atoms with E-state index < -0.39 is 0 Å².